The smallest absolute Gasteiger partial charge is 0.189 e. The topological polar surface area (TPSA) is 58.9 Å². The molecule has 4 nitrogen and oxygen atoms in total. The third-order valence-corrected chi connectivity index (χ3v) is 14.2. The number of aliphatic hydroxyl groups is 2. The molecule has 19 heavy (non-hydrogen) atoms. The summed E-state index contributed by atoms with van der Waals surface area (Å²) in [5, 5.41) is 18.1. The molecule has 0 rings (SSSR count). The van der Waals surface area contributed by atoms with E-state index >= 15 is 0 Å². The van der Waals surface area contributed by atoms with Gasteiger partial charge in [-0.1, -0.05) is 0 Å². The molecule has 116 valence electrons. The summed E-state index contributed by atoms with van der Waals surface area (Å²) < 4.78 is 12.1. The second-order valence-electron chi connectivity index (χ2n) is 5.60. The maximum Gasteiger partial charge on any atom is 0.189 e. The van der Waals surface area contributed by atoms with E-state index in [2.05, 4.69) is 13.1 Å². The molecule has 0 aliphatic rings. The molecule has 0 amide bonds. The molecule has 0 bridgehead atoms. The molecule has 2 N–H and O–H groups in total. The molecule has 0 aromatic carbocycles. The van der Waals surface area contributed by atoms with E-state index in [1.54, 1.807) is 0 Å². The van der Waals surface area contributed by atoms with Crippen LogP contribution in [-0.2, 0) is 8.85 Å². The van der Waals surface area contributed by atoms with Gasteiger partial charge in [0.15, 0.2) is 16.6 Å². The number of hydrogen-bond donors (Lipinski definition) is 2. The Kier molecular flexibility index (Phi) is 10.2. The third-order valence-electron chi connectivity index (χ3n) is 3.46. The van der Waals surface area contributed by atoms with Crippen LogP contribution in [0.1, 0.15) is 26.7 Å². The Labute approximate surface area is 120 Å². The van der Waals surface area contributed by atoms with Crippen molar-refractivity contribution in [2.24, 2.45) is 0 Å². The Morgan fingerprint density at radius 1 is 0.789 bits per heavy atom. The first-order valence-electron chi connectivity index (χ1n) is 7.45. The highest BCUT2D eigenvalue weighted by molar-refractivity contribution is 6.90. The molecular weight excluding hydrogens is 276 g/mol. The van der Waals surface area contributed by atoms with Gasteiger partial charge < -0.3 is 19.1 Å². The van der Waals surface area contributed by atoms with Gasteiger partial charge in [0.05, 0.1) is 0 Å². The van der Waals surface area contributed by atoms with Gasteiger partial charge in [0.1, 0.15) is 0 Å². The van der Waals surface area contributed by atoms with Crippen LogP contribution in [0.2, 0.25) is 30.8 Å². The van der Waals surface area contributed by atoms with Crippen LogP contribution >= 0.6 is 0 Å². The largest absolute Gasteiger partial charge is 0.418 e. The highest BCUT2D eigenvalue weighted by Gasteiger charge is 2.40. The summed E-state index contributed by atoms with van der Waals surface area (Å²) in [6.07, 6.45) is 1.64. The van der Waals surface area contributed by atoms with Gasteiger partial charge in [-0.3, -0.25) is 0 Å². The fourth-order valence-electron chi connectivity index (χ4n) is 2.82. The summed E-state index contributed by atoms with van der Waals surface area (Å²) in [4.78, 5) is 0. The summed E-state index contributed by atoms with van der Waals surface area (Å²) in [7, 11) is -3.60. The van der Waals surface area contributed by atoms with Crippen LogP contribution in [0.3, 0.4) is 0 Å². The van der Waals surface area contributed by atoms with Crippen LogP contribution in [-0.4, -0.2) is 53.3 Å². The highest BCUT2D eigenvalue weighted by atomic mass is 28.4. The van der Waals surface area contributed by atoms with Crippen molar-refractivity contribution < 1.29 is 19.1 Å². The molecule has 0 aromatic heterocycles. The zero-order valence-electron chi connectivity index (χ0n) is 13.1. The van der Waals surface area contributed by atoms with Crippen LogP contribution in [0.5, 0.6) is 0 Å². The molecule has 0 fully saturated rings. The molecule has 2 atom stereocenters. The third kappa shape index (κ3) is 8.21. The van der Waals surface area contributed by atoms with Gasteiger partial charge in [-0.05, 0) is 57.5 Å². The van der Waals surface area contributed by atoms with Gasteiger partial charge in [-0.15, -0.1) is 0 Å². The normalized spacial score (nSPS) is 18.0. The summed E-state index contributed by atoms with van der Waals surface area (Å²) in [5.74, 6) is 0. The van der Waals surface area contributed by atoms with Gasteiger partial charge in [0.2, 0.25) is 0 Å². The van der Waals surface area contributed by atoms with Crippen LogP contribution in [0, 0.1) is 0 Å². The fraction of sp³-hybridized carbons (Fsp3) is 1.00. The van der Waals surface area contributed by atoms with Crippen LogP contribution < -0.4 is 0 Å². The van der Waals surface area contributed by atoms with Crippen LogP contribution in [0.4, 0.5) is 0 Å². The molecule has 0 aliphatic heterocycles. The second kappa shape index (κ2) is 10.1. The number of hydrogen-bond acceptors (Lipinski definition) is 4. The lowest BCUT2D eigenvalue weighted by Crippen LogP contribution is -2.48. The predicted octanol–water partition coefficient (Wildman–Crippen LogP) is 2.51. The molecular formula is C13H32O4Si2. The zero-order valence-corrected chi connectivity index (χ0v) is 15.1. The molecule has 0 heterocycles. The van der Waals surface area contributed by atoms with Crippen molar-refractivity contribution in [2.45, 2.75) is 57.5 Å². The van der Waals surface area contributed by atoms with Crippen molar-refractivity contribution in [1.29, 1.82) is 0 Å². The van der Waals surface area contributed by atoms with Gasteiger partial charge in [-0.25, -0.2) is 0 Å². The number of rotatable bonds is 12. The second-order valence-corrected chi connectivity index (χ2v) is 14.4. The molecule has 0 spiro atoms. The lowest BCUT2D eigenvalue weighted by molar-refractivity contribution is 0.277. The minimum Gasteiger partial charge on any atom is -0.418 e. The molecule has 0 radical (unpaired) electrons. The Morgan fingerprint density at radius 2 is 1.16 bits per heavy atom. The summed E-state index contributed by atoms with van der Waals surface area (Å²) >= 11 is 0. The maximum absolute atomic E-state index is 9.05. The average molecular weight is 309 g/mol. The maximum atomic E-state index is 9.05. The lowest BCUT2D eigenvalue weighted by Gasteiger charge is -2.36. The van der Waals surface area contributed by atoms with Crippen molar-refractivity contribution in [3.05, 3.63) is 0 Å². The quantitative estimate of drug-likeness (QED) is 0.544. The van der Waals surface area contributed by atoms with E-state index in [0.717, 1.165) is 43.8 Å². The first-order valence-corrected chi connectivity index (χ1v) is 13.1. The molecule has 0 saturated heterocycles. The Bertz CT molecular complexity index is 209. The van der Waals surface area contributed by atoms with Crippen molar-refractivity contribution >= 4 is 16.6 Å². The van der Waals surface area contributed by atoms with E-state index in [1.165, 1.54) is 0 Å². The van der Waals surface area contributed by atoms with E-state index in [1.807, 2.05) is 13.8 Å². The molecule has 0 saturated carbocycles. The molecule has 0 aromatic rings. The van der Waals surface area contributed by atoms with Gasteiger partial charge in [0.25, 0.3) is 0 Å². The first kappa shape index (κ1) is 19.3. The standard InChI is InChI=1S/C13H32O4Si2/c1-5-16-18(3,11-7-9-14)13-19(4,17-6-2)12-8-10-15/h14-15H,5-13H2,1-4H3. The first-order chi connectivity index (χ1) is 8.95. The minimum absolute atomic E-state index is 0.235. The lowest BCUT2D eigenvalue weighted by atomic mass is 10.5. The van der Waals surface area contributed by atoms with E-state index < -0.39 is 16.6 Å². The van der Waals surface area contributed by atoms with Gasteiger partial charge in [-0.2, -0.15) is 0 Å². The minimum atomic E-state index is -1.80. The van der Waals surface area contributed by atoms with E-state index in [-0.39, 0.29) is 13.2 Å². The fourth-order valence-corrected chi connectivity index (χ4v) is 14.9. The highest BCUT2D eigenvalue weighted by Crippen LogP contribution is 2.30. The summed E-state index contributed by atoms with van der Waals surface area (Å²) in [5.41, 5.74) is 1.06. The van der Waals surface area contributed by atoms with Gasteiger partial charge >= 0.3 is 0 Å². The van der Waals surface area contributed by atoms with E-state index in [4.69, 9.17) is 19.1 Å². The summed E-state index contributed by atoms with van der Waals surface area (Å²) in [6, 6.07) is 1.98. The van der Waals surface area contributed by atoms with E-state index in [0.29, 0.717) is 0 Å². The van der Waals surface area contributed by atoms with Crippen molar-refractivity contribution in [2.75, 3.05) is 26.4 Å². The van der Waals surface area contributed by atoms with Crippen molar-refractivity contribution in [3.8, 4) is 0 Å². The number of aliphatic hydroxyl groups excluding tert-OH is 2. The van der Waals surface area contributed by atoms with Gasteiger partial charge in [0, 0.05) is 26.4 Å². The predicted molar refractivity (Wildman–Crippen MR) is 84.3 cm³/mol. The average Bonchev–Trinajstić information content (AvgIpc) is 2.34. The van der Waals surface area contributed by atoms with Crippen molar-refractivity contribution in [3.63, 3.8) is 0 Å². The Balaban J connectivity index is 4.70. The van der Waals surface area contributed by atoms with Crippen molar-refractivity contribution in [1.82, 2.24) is 0 Å². The van der Waals surface area contributed by atoms with E-state index in [9.17, 15) is 0 Å². The molecule has 0 aliphatic carbocycles. The Morgan fingerprint density at radius 3 is 1.42 bits per heavy atom. The zero-order chi connectivity index (χ0) is 14.8. The van der Waals surface area contributed by atoms with Crippen LogP contribution in [0.15, 0.2) is 0 Å². The Hall–Kier alpha value is 0.274. The molecule has 6 heteroatoms. The monoisotopic (exact) mass is 308 g/mol. The van der Waals surface area contributed by atoms with Crippen LogP contribution in [0.25, 0.3) is 0 Å². The SMILES string of the molecule is CCO[Si](C)(CCCO)C[Si](C)(CCCO)OCC. The molecule has 2 unspecified atom stereocenters. The summed E-state index contributed by atoms with van der Waals surface area (Å²) in [6.45, 7) is 10.5.